The van der Waals surface area contributed by atoms with Gasteiger partial charge in [0.15, 0.2) is 0 Å². The van der Waals surface area contributed by atoms with Crippen LogP contribution in [0.3, 0.4) is 0 Å². The van der Waals surface area contributed by atoms with Gasteiger partial charge in [-0.3, -0.25) is 0 Å². The Balaban J connectivity index is 1.82. The van der Waals surface area contributed by atoms with Crippen molar-refractivity contribution in [3.63, 3.8) is 0 Å². The van der Waals surface area contributed by atoms with Gasteiger partial charge in [0.05, 0.1) is 0 Å². The normalized spacial score (nSPS) is 12.3. The molecule has 0 bridgehead atoms. The highest BCUT2D eigenvalue weighted by Crippen LogP contribution is 2.14. The van der Waals surface area contributed by atoms with Crippen LogP contribution in [0.2, 0.25) is 0 Å². The maximum Gasteiger partial charge on any atom is 0.115 e. The number of rotatable bonds is 5. The molecule has 0 amide bonds. The summed E-state index contributed by atoms with van der Waals surface area (Å²) in [6.07, 6.45) is 0. The molecule has 18 heavy (non-hydrogen) atoms. The van der Waals surface area contributed by atoms with Crippen LogP contribution in [0.5, 0.6) is 5.75 Å². The van der Waals surface area contributed by atoms with E-state index >= 15 is 0 Å². The first-order valence-electron chi connectivity index (χ1n) is 6.29. The van der Waals surface area contributed by atoms with E-state index in [0.717, 1.165) is 18.7 Å². The van der Waals surface area contributed by atoms with Gasteiger partial charge in [-0.15, -0.1) is 0 Å². The molecule has 0 aliphatic heterocycles. The minimum absolute atomic E-state index is 0.324. The molecule has 1 unspecified atom stereocenters. The maximum absolute atomic E-state index is 9.37. The summed E-state index contributed by atoms with van der Waals surface area (Å²) in [5.74, 6) is 0.814. The number of phenolic OH excluding ortho intramolecular Hbond substituents is 1. The van der Waals surface area contributed by atoms with Crippen LogP contribution in [-0.4, -0.2) is 11.7 Å². The summed E-state index contributed by atoms with van der Waals surface area (Å²) in [6, 6.07) is 17.9. The third-order valence-corrected chi connectivity index (χ3v) is 3.06. The SMILES string of the molecule is CC(CNCc1cccc(O)c1)c1ccccc1. The first-order chi connectivity index (χ1) is 8.75. The maximum atomic E-state index is 9.37. The Hall–Kier alpha value is -1.80. The summed E-state index contributed by atoms with van der Waals surface area (Å²) in [4.78, 5) is 0. The number of hydrogen-bond donors (Lipinski definition) is 2. The van der Waals surface area contributed by atoms with Crippen molar-refractivity contribution in [1.29, 1.82) is 0 Å². The molecule has 0 aliphatic rings. The Labute approximate surface area is 108 Å². The highest BCUT2D eigenvalue weighted by Gasteiger charge is 2.03. The highest BCUT2D eigenvalue weighted by atomic mass is 16.3. The molecule has 0 spiro atoms. The second-order valence-corrected chi connectivity index (χ2v) is 4.61. The van der Waals surface area contributed by atoms with E-state index in [1.54, 1.807) is 12.1 Å². The fourth-order valence-corrected chi connectivity index (χ4v) is 2.00. The van der Waals surface area contributed by atoms with Crippen LogP contribution in [-0.2, 0) is 6.54 Å². The van der Waals surface area contributed by atoms with Gasteiger partial charge in [0.1, 0.15) is 5.75 Å². The lowest BCUT2D eigenvalue weighted by molar-refractivity contribution is 0.474. The number of benzene rings is 2. The lowest BCUT2D eigenvalue weighted by Crippen LogP contribution is -2.19. The monoisotopic (exact) mass is 241 g/mol. The number of phenols is 1. The molecular weight excluding hydrogens is 222 g/mol. The summed E-state index contributed by atoms with van der Waals surface area (Å²) in [5.41, 5.74) is 2.45. The Kier molecular flexibility index (Phi) is 4.37. The van der Waals surface area contributed by atoms with Crippen molar-refractivity contribution in [2.24, 2.45) is 0 Å². The van der Waals surface area contributed by atoms with Crippen molar-refractivity contribution in [1.82, 2.24) is 5.32 Å². The Morgan fingerprint density at radius 3 is 2.56 bits per heavy atom. The van der Waals surface area contributed by atoms with Crippen LogP contribution in [0, 0.1) is 0 Å². The molecule has 1 atom stereocenters. The van der Waals surface area contributed by atoms with Gasteiger partial charge in [-0.05, 0) is 29.2 Å². The summed E-state index contributed by atoms with van der Waals surface area (Å²) in [7, 11) is 0. The van der Waals surface area contributed by atoms with Crippen molar-refractivity contribution < 1.29 is 5.11 Å². The molecule has 2 aromatic rings. The molecular formula is C16H19NO. The quantitative estimate of drug-likeness (QED) is 0.842. The molecule has 2 rings (SSSR count). The van der Waals surface area contributed by atoms with E-state index in [9.17, 15) is 5.11 Å². The van der Waals surface area contributed by atoms with Crippen LogP contribution >= 0.6 is 0 Å². The van der Waals surface area contributed by atoms with E-state index < -0.39 is 0 Å². The molecule has 0 saturated carbocycles. The molecule has 2 N–H and O–H groups in total. The van der Waals surface area contributed by atoms with E-state index in [0.29, 0.717) is 11.7 Å². The smallest absolute Gasteiger partial charge is 0.115 e. The lowest BCUT2D eigenvalue weighted by Gasteiger charge is -2.13. The molecule has 0 saturated heterocycles. The van der Waals surface area contributed by atoms with Crippen LogP contribution in [0.1, 0.15) is 24.0 Å². The van der Waals surface area contributed by atoms with Crippen LogP contribution in [0.25, 0.3) is 0 Å². The van der Waals surface area contributed by atoms with Gasteiger partial charge in [-0.25, -0.2) is 0 Å². The average Bonchev–Trinajstić information content (AvgIpc) is 2.40. The molecule has 0 aliphatic carbocycles. The predicted octanol–water partition coefficient (Wildman–Crippen LogP) is 3.29. The highest BCUT2D eigenvalue weighted by molar-refractivity contribution is 5.27. The third kappa shape index (κ3) is 3.60. The Morgan fingerprint density at radius 1 is 1.06 bits per heavy atom. The van der Waals surface area contributed by atoms with Crippen molar-refractivity contribution in [2.75, 3.05) is 6.54 Å². The van der Waals surface area contributed by atoms with E-state index in [1.165, 1.54) is 5.56 Å². The largest absolute Gasteiger partial charge is 0.508 e. The van der Waals surface area contributed by atoms with Crippen molar-refractivity contribution in [2.45, 2.75) is 19.4 Å². The molecule has 0 aromatic heterocycles. The van der Waals surface area contributed by atoms with Gasteiger partial charge in [-0.2, -0.15) is 0 Å². The lowest BCUT2D eigenvalue weighted by atomic mass is 10.0. The Morgan fingerprint density at radius 2 is 1.83 bits per heavy atom. The standard InChI is InChI=1S/C16H19NO/c1-13(15-7-3-2-4-8-15)11-17-12-14-6-5-9-16(18)10-14/h2-10,13,17-18H,11-12H2,1H3. The van der Waals surface area contributed by atoms with E-state index in [1.807, 2.05) is 18.2 Å². The summed E-state index contributed by atoms with van der Waals surface area (Å²) >= 11 is 0. The number of aromatic hydroxyl groups is 1. The minimum atomic E-state index is 0.324. The summed E-state index contributed by atoms with van der Waals surface area (Å²) in [6.45, 7) is 3.93. The summed E-state index contributed by atoms with van der Waals surface area (Å²) in [5, 5.41) is 12.8. The zero-order valence-corrected chi connectivity index (χ0v) is 10.6. The van der Waals surface area contributed by atoms with Crippen LogP contribution in [0.4, 0.5) is 0 Å². The second kappa shape index (κ2) is 6.22. The molecule has 0 heterocycles. The van der Waals surface area contributed by atoms with Gasteiger partial charge < -0.3 is 10.4 Å². The molecule has 0 radical (unpaired) electrons. The molecule has 2 heteroatoms. The average molecular weight is 241 g/mol. The van der Waals surface area contributed by atoms with Crippen LogP contribution < -0.4 is 5.32 Å². The van der Waals surface area contributed by atoms with Gasteiger partial charge in [0, 0.05) is 13.1 Å². The predicted molar refractivity (Wildman–Crippen MR) is 74.7 cm³/mol. The van der Waals surface area contributed by atoms with E-state index in [4.69, 9.17) is 0 Å². The van der Waals surface area contributed by atoms with Gasteiger partial charge >= 0.3 is 0 Å². The number of nitrogens with one attached hydrogen (secondary N) is 1. The van der Waals surface area contributed by atoms with E-state index in [2.05, 4.69) is 36.5 Å². The first kappa shape index (κ1) is 12.7. The topological polar surface area (TPSA) is 32.3 Å². The van der Waals surface area contributed by atoms with Crippen molar-refractivity contribution >= 4 is 0 Å². The fraction of sp³-hybridized carbons (Fsp3) is 0.250. The number of hydrogen-bond acceptors (Lipinski definition) is 2. The third-order valence-electron chi connectivity index (χ3n) is 3.06. The van der Waals surface area contributed by atoms with Crippen molar-refractivity contribution in [3.05, 3.63) is 65.7 Å². The second-order valence-electron chi connectivity index (χ2n) is 4.61. The fourth-order valence-electron chi connectivity index (χ4n) is 2.00. The minimum Gasteiger partial charge on any atom is -0.508 e. The molecule has 0 fully saturated rings. The Bertz CT molecular complexity index is 481. The van der Waals surface area contributed by atoms with Gasteiger partial charge in [0.25, 0.3) is 0 Å². The van der Waals surface area contributed by atoms with Gasteiger partial charge in [-0.1, -0.05) is 49.4 Å². The van der Waals surface area contributed by atoms with E-state index in [-0.39, 0.29) is 0 Å². The zero-order valence-electron chi connectivity index (χ0n) is 10.6. The molecule has 94 valence electrons. The van der Waals surface area contributed by atoms with Crippen LogP contribution in [0.15, 0.2) is 54.6 Å². The van der Waals surface area contributed by atoms with Gasteiger partial charge in [0.2, 0.25) is 0 Å². The first-order valence-corrected chi connectivity index (χ1v) is 6.29. The zero-order chi connectivity index (χ0) is 12.8. The molecule has 2 nitrogen and oxygen atoms in total. The summed E-state index contributed by atoms with van der Waals surface area (Å²) < 4.78 is 0. The molecule has 2 aromatic carbocycles. The van der Waals surface area contributed by atoms with Crippen molar-refractivity contribution in [3.8, 4) is 5.75 Å².